The van der Waals surface area contributed by atoms with Gasteiger partial charge in [0.25, 0.3) is 0 Å². The summed E-state index contributed by atoms with van der Waals surface area (Å²) in [6, 6.07) is 15.1. The molecule has 27 heavy (non-hydrogen) atoms. The lowest BCUT2D eigenvalue weighted by atomic mass is 9.97. The molecule has 154 valence electrons. The zero-order valence-electron chi connectivity index (χ0n) is 18.6. The molecule has 0 amide bonds. The van der Waals surface area contributed by atoms with Crippen molar-refractivity contribution in [3.63, 3.8) is 0 Å². The standard InChI is InChI=1S/C18H23NO2.3C2H6/c1-3-12-19-16-10-8-15(9-11-16)18(21)17(20)14-6-4-13(2)5-7-14;3*1-2/h4-11,17-21H,3,12H2,1-2H3;3*1-2H3. The molecule has 2 aromatic carbocycles. The topological polar surface area (TPSA) is 52.5 Å². The third-order valence-corrected chi connectivity index (χ3v) is 3.55. The monoisotopic (exact) mass is 375 g/mol. The van der Waals surface area contributed by atoms with E-state index >= 15 is 0 Å². The van der Waals surface area contributed by atoms with E-state index in [1.807, 2.05) is 97.0 Å². The minimum Gasteiger partial charge on any atom is -0.385 e. The normalized spacial score (nSPS) is 11.3. The summed E-state index contributed by atoms with van der Waals surface area (Å²) in [6.45, 7) is 17.0. The van der Waals surface area contributed by atoms with E-state index in [1.165, 1.54) is 0 Å². The van der Waals surface area contributed by atoms with E-state index in [-0.39, 0.29) is 0 Å². The zero-order valence-corrected chi connectivity index (χ0v) is 18.6. The van der Waals surface area contributed by atoms with Crippen molar-refractivity contribution in [2.24, 2.45) is 0 Å². The van der Waals surface area contributed by atoms with E-state index in [9.17, 15) is 10.2 Å². The van der Waals surface area contributed by atoms with Crippen molar-refractivity contribution in [3.05, 3.63) is 65.2 Å². The molecule has 0 aliphatic rings. The van der Waals surface area contributed by atoms with Crippen LogP contribution in [0.15, 0.2) is 48.5 Å². The summed E-state index contributed by atoms with van der Waals surface area (Å²) < 4.78 is 0. The van der Waals surface area contributed by atoms with Crippen LogP contribution in [-0.2, 0) is 0 Å². The van der Waals surface area contributed by atoms with Gasteiger partial charge in [0.15, 0.2) is 0 Å². The van der Waals surface area contributed by atoms with Crippen molar-refractivity contribution in [1.29, 1.82) is 0 Å². The highest BCUT2D eigenvalue weighted by Gasteiger charge is 2.19. The van der Waals surface area contributed by atoms with Gasteiger partial charge in [-0.15, -0.1) is 0 Å². The molecule has 3 N–H and O–H groups in total. The van der Waals surface area contributed by atoms with Gasteiger partial charge in [0, 0.05) is 12.2 Å². The molecule has 3 heteroatoms. The molecule has 0 saturated heterocycles. The van der Waals surface area contributed by atoms with Crippen LogP contribution in [0.4, 0.5) is 5.69 Å². The Morgan fingerprint density at radius 1 is 0.704 bits per heavy atom. The number of hydrogen-bond donors (Lipinski definition) is 3. The van der Waals surface area contributed by atoms with E-state index in [2.05, 4.69) is 12.2 Å². The van der Waals surface area contributed by atoms with Crippen LogP contribution in [0.2, 0.25) is 0 Å². The summed E-state index contributed by atoms with van der Waals surface area (Å²) >= 11 is 0. The number of benzene rings is 2. The number of aliphatic hydroxyl groups excluding tert-OH is 2. The van der Waals surface area contributed by atoms with Crippen LogP contribution in [-0.4, -0.2) is 16.8 Å². The van der Waals surface area contributed by atoms with Gasteiger partial charge in [-0.3, -0.25) is 0 Å². The van der Waals surface area contributed by atoms with Crippen LogP contribution in [0, 0.1) is 6.92 Å². The highest BCUT2D eigenvalue weighted by atomic mass is 16.3. The molecule has 2 atom stereocenters. The van der Waals surface area contributed by atoms with Crippen molar-refractivity contribution >= 4 is 5.69 Å². The number of nitrogens with one attached hydrogen (secondary N) is 1. The minimum atomic E-state index is -0.923. The average molecular weight is 376 g/mol. The molecule has 0 radical (unpaired) electrons. The zero-order chi connectivity index (χ0) is 21.2. The molecule has 0 aliphatic heterocycles. The van der Waals surface area contributed by atoms with Crippen molar-refractivity contribution in [1.82, 2.24) is 0 Å². The Morgan fingerprint density at radius 2 is 1.07 bits per heavy atom. The highest BCUT2D eigenvalue weighted by molar-refractivity contribution is 5.45. The molecule has 2 rings (SSSR count). The second-order valence-electron chi connectivity index (χ2n) is 5.35. The van der Waals surface area contributed by atoms with Crippen molar-refractivity contribution in [2.75, 3.05) is 11.9 Å². The van der Waals surface area contributed by atoms with Gasteiger partial charge in [0.1, 0.15) is 12.2 Å². The van der Waals surface area contributed by atoms with Gasteiger partial charge in [-0.2, -0.15) is 0 Å². The maximum atomic E-state index is 10.3. The van der Waals surface area contributed by atoms with Gasteiger partial charge in [0.2, 0.25) is 0 Å². The number of anilines is 1. The van der Waals surface area contributed by atoms with Crippen LogP contribution >= 0.6 is 0 Å². The van der Waals surface area contributed by atoms with Crippen LogP contribution < -0.4 is 5.32 Å². The quantitative estimate of drug-likeness (QED) is 0.529. The molecule has 0 aromatic heterocycles. The van der Waals surface area contributed by atoms with E-state index in [4.69, 9.17) is 0 Å². The molecule has 0 aliphatic carbocycles. The Kier molecular flexibility index (Phi) is 17.8. The van der Waals surface area contributed by atoms with Gasteiger partial charge in [-0.05, 0) is 36.6 Å². The molecule has 3 nitrogen and oxygen atoms in total. The van der Waals surface area contributed by atoms with Gasteiger partial charge in [0.05, 0.1) is 0 Å². The fourth-order valence-corrected chi connectivity index (χ4v) is 2.20. The maximum absolute atomic E-state index is 10.3. The molecule has 0 fully saturated rings. The number of aryl methyl sites for hydroxylation is 1. The van der Waals surface area contributed by atoms with Gasteiger partial charge < -0.3 is 15.5 Å². The number of aliphatic hydroxyl groups is 2. The average Bonchev–Trinajstić information content (AvgIpc) is 2.76. The van der Waals surface area contributed by atoms with Gasteiger partial charge in [-0.25, -0.2) is 0 Å². The summed E-state index contributed by atoms with van der Waals surface area (Å²) in [6.07, 6.45) is -0.774. The van der Waals surface area contributed by atoms with Gasteiger partial charge >= 0.3 is 0 Å². The summed E-state index contributed by atoms with van der Waals surface area (Å²) in [5.41, 5.74) is 3.59. The lowest BCUT2D eigenvalue weighted by Crippen LogP contribution is -2.10. The Hall–Kier alpha value is -1.84. The fourth-order valence-electron chi connectivity index (χ4n) is 2.20. The summed E-state index contributed by atoms with van der Waals surface area (Å²) in [7, 11) is 0. The second kappa shape index (κ2) is 17.6. The van der Waals surface area contributed by atoms with E-state index < -0.39 is 12.2 Å². The van der Waals surface area contributed by atoms with E-state index in [0.717, 1.165) is 29.8 Å². The SMILES string of the molecule is CC.CC.CC.CCCNc1ccc(C(O)C(O)c2ccc(C)cc2)cc1. The first-order valence-electron chi connectivity index (χ1n) is 10.4. The maximum Gasteiger partial charge on any atom is 0.109 e. The predicted molar refractivity (Wildman–Crippen MR) is 120 cm³/mol. The van der Waals surface area contributed by atoms with Gasteiger partial charge in [-0.1, -0.05) is 90.4 Å². The molecular weight excluding hydrogens is 334 g/mol. The predicted octanol–water partition coefficient (Wildman–Crippen LogP) is 6.66. The molecule has 2 unspecified atom stereocenters. The van der Waals surface area contributed by atoms with Crippen molar-refractivity contribution in [3.8, 4) is 0 Å². The largest absolute Gasteiger partial charge is 0.385 e. The van der Waals surface area contributed by atoms with Crippen LogP contribution in [0.3, 0.4) is 0 Å². The Balaban J connectivity index is 0. The molecule has 0 bridgehead atoms. The summed E-state index contributed by atoms with van der Waals surface area (Å²) in [5, 5.41) is 23.9. The minimum absolute atomic E-state index is 0.713. The third kappa shape index (κ3) is 10.2. The Morgan fingerprint density at radius 3 is 1.44 bits per heavy atom. The number of hydrogen-bond acceptors (Lipinski definition) is 3. The number of rotatable bonds is 6. The van der Waals surface area contributed by atoms with E-state index in [1.54, 1.807) is 0 Å². The third-order valence-electron chi connectivity index (χ3n) is 3.55. The highest BCUT2D eigenvalue weighted by Crippen LogP contribution is 2.29. The van der Waals surface area contributed by atoms with Crippen LogP contribution in [0.25, 0.3) is 0 Å². The molecular formula is C24H41NO2. The first-order valence-corrected chi connectivity index (χ1v) is 10.4. The summed E-state index contributed by atoms with van der Waals surface area (Å²) in [5.74, 6) is 0. The summed E-state index contributed by atoms with van der Waals surface area (Å²) in [4.78, 5) is 0. The first-order chi connectivity index (χ1) is 13.1. The van der Waals surface area contributed by atoms with Crippen molar-refractivity contribution < 1.29 is 10.2 Å². The second-order valence-corrected chi connectivity index (χ2v) is 5.35. The molecule has 2 aromatic rings. The molecule has 0 spiro atoms. The molecule has 0 heterocycles. The smallest absolute Gasteiger partial charge is 0.109 e. The van der Waals surface area contributed by atoms with Crippen molar-refractivity contribution in [2.45, 2.75) is 74.0 Å². The van der Waals surface area contributed by atoms with Crippen LogP contribution in [0.5, 0.6) is 0 Å². The lowest BCUT2D eigenvalue weighted by Gasteiger charge is -2.19. The Labute approximate surface area is 167 Å². The first kappa shape index (κ1) is 27.4. The van der Waals surface area contributed by atoms with E-state index in [0.29, 0.717) is 5.56 Å². The lowest BCUT2D eigenvalue weighted by molar-refractivity contribution is 0.0172. The molecule has 0 saturated carbocycles. The van der Waals surface area contributed by atoms with Crippen LogP contribution in [0.1, 0.15) is 83.8 Å². The fraction of sp³-hybridized carbons (Fsp3) is 0.500. The Bertz CT molecular complexity index is 550.